The first-order valence-corrected chi connectivity index (χ1v) is 12.0. The van der Waals surface area contributed by atoms with Crippen LogP contribution >= 0.6 is 11.3 Å². The molecule has 4 rings (SSSR count). The number of aryl methyl sites for hydroxylation is 1. The Labute approximate surface area is 184 Å². The van der Waals surface area contributed by atoms with E-state index < -0.39 is 10.0 Å². The van der Waals surface area contributed by atoms with E-state index in [4.69, 9.17) is 0 Å². The number of rotatable bonds is 5. The number of sulfonamides is 1. The second-order valence-corrected chi connectivity index (χ2v) is 9.73. The van der Waals surface area contributed by atoms with Crippen molar-refractivity contribution in [2.45, 2.75) is 11.8 Å². The number of hydrogen-bond donors (Lipinski definition) is 1. The van der Waals surface area contributed by atoms with E-state index in [0.717, 1.165) is 16.9 Å². The van der Waals surface area contributed by atoms with E-state index in [1.54, 1.807) is 40.6 Å². The van der Waals surface area contributed by atoms with Gasteiger partial charge >= 0.3 is 0 Å². The minimum atomic E-state index is -3.78. The van der Waals surface area contributed by atoms with E-state index in [-0.39, 0.29) is 27.4 Å². The Bertz CT molecular complexity index is 1190. The molecular weight excluding hydrogens is 439 g/mol. The molecule has 0 radical (unpaired) electrons. The predicted molar refractivity (Wildman–Crippen MR) is 119 cm³/mol. The maximum Gasteiger partial charge on any atom is 0.273 e. The largest absolute Gasteiger partial charge is 0.366 e. The Kier molecular flexibility index (Phi) is 5.92. The maximum atomic E-state index is 14.0. The summed E-state index contributed by atoms with van der Waals surface area (Å²) in [4.78, 5) is 20.6. The fourth-order valence-electron chi connectivity index (χ4n) is 3.33. The molecule has 1 fully saturated rings. The molecule has 1 N–H and O–H groups in total. The molecule has 31 heavy (non-hydrogen) atoms. The number of benzene rings is 2. The third-order valence-electron chi connectivity index (χ3n) is 5.04. The second kappa shape index (κ2) is 8.64. The summed E-state index contributed by atoms with van der Waals surface area (Å²) in [5.41, 5.74) is 1.66. The van der Waals surface area contributed by atoms with Gasteiger partial charge in [-0.2, -0.15) is 0 Å². The zero-order chi connectivity index (χ0) is 22.0. The van der Waals surface area contributed by atoms with Crippen LogP contribution in [0.4, 0.5) is 15.2 Å². The molecule has 10 heteroatoms. The van der Waals surface area contributed by atoms with E-state index in [1.165, 1.54) is 18.2 Å². The number of thiazole rings is 1. The summed E-state index contributed by atoms with van der Waals surface area (Å²) in [6.45, 7) is 3.73. The second-order valence-electron chi connectivity index (χ2n) is 7.19. The van der Waals surface area contributed by atoms with Gasteiger partial charge in [-0.25, -0.2) is 17.8 Å². The summed E-state index contributed by atoms with van der Waals surface area (Å²) in [6.07, 6.45) is 0. The fraction of sp³-hybridized carbons (Fsp3) is 0.238. The van der Waals surface area contributed by atoms with Crippen LogP contribution in [0.2, 0.25) is 0 Å². The lowest BCUT2D eigenvalue weighted by atomic mass is 10.2. The van der Waals surface area contributed by atoms with E-state index in [2.05, 4.69) is 9.71 Å². The van der Waals surface area contributed by atoms with Crippen molar-refractivity contribution in [3.63, 3.8) is 0 Å². The summed E-state index contributed by atoms with van der Waals surface area (Å²) >= 11 is 1.06. The molecule has 1 aliphatic heterocycles. The van der Waals surface area contributed by atoms with Crippen molar-refractivity contribution in [3.8, 4) is 0 Å². The normalized spacial score (nSPS) is 14.5. The van der Waals surface area contributed by atoms with Crippen LogP contribution in [0, 0.1) is 12.7 Å². The highest BCUT2D eigenvalue weighted by molar-refractivity contribution is 7.93. The molecule has 2 heterocycles. The minimum absolute atomic E-state index is 0.130. The molecule has 0 spiro atoms. The molecule has 7 nitrogen and oxygen atoms in total. The number of piperazine rings is 1. The Balaban J connectivity index is 1.40. The Hall–Kier alpha value is -2.98. The van der Waals surface area contributed by atoms with Crippen LogP contribution in [0.5, 0.6) is 0 Å². The van der Waals surface area contributed by atoms with Gasteiger partial charge in [-0.05, 0) is 31.2 Å². The van der Waals surface area contributed by atoms with Crippen molar-refractivity contribution in [1.29, 1.82) is 0 Å². The minimum Gasteiger partial charge on any atom is -0.366 e. The van der Waals surface area contributed by atoms with Gasteiger partial charge in [0, 0.05) is 31.6 Å². The van der Waals surface area contributed by atoms with Gasteiger partial charge in [-0.3, -0.25) is 9.52 Å². The molecule has 2 aromatic carbocycles. The number of para-hydroxylation sites is 1. The topological polar surface area (TPSA) is 82.6 Å². The molecule has 1 amide bonds. The first-order chi connectivity index (χ1) is 14.8. The van der Waals surface area contributed by atoms with Gasteiger partial charge in [-0.15, -0.1) is 11.3 Å². The number of carbonyl (C=O) groups is 1. The summed E-state index contributed by atoms with van der Waals surface area (Å²) in [7, 11) is -3.78. The first kappa shape index (κ1) is 21.3. The summed E-state index contributed by atoms with van der Waals surface area (Å²) in [5, 5.41) is 1.67. The van der Waals surface area contributed by atoms with E-state index in [9.17, 15) is 17.6 Å². The number of halogens is 1. The van der Waals surface area contributed by atoms with Crippen molar-refractivity contribution in [3.05, 3.63) is 71.0 Å². The number of carbonyl (C=O) groups excluding carboxylic acids is 1. The molecule has 3 aromatic rings. The monoisotopic (exact) mass is 460 g/mol. The number of nitrogens with one attached hydrogen (secondary N) is 1. The SMILES string of the molecule is Cc1ccc(S(=O)(=O)Nc2nc(C(=O)N3CCN(c4ccccc4F)CC3)cs2)cc1. The zero-order valence-corrected chi connectivity index (χ0v) is 18.4. The fourth-order valence-corrected chi connectivity index (χ4v) is 5.27. The molecule has 1 aromatic heterocycles. The van der Waals surface area contributed by atoms with Crippen molar-refractivity contribution in [2.24, 2.45) is 0 Å². The van der Waals surface area contributed by atoms with E-state index in [0.29, 0.717) is 31.9 Å². The third-order valence-corrected chi connectivity index (χ3v) is 7.28. The summed E-state index contributed by atoms with van der Waals surface area (Å²) < 4.78 is 41.4. The Morgan fingerprint density at radius 3 is 2.42 bits per heavy atom. The Morgan fingerprint density at radius 2 is 1.74 bits per heavy atom. The number of amides is 1. The van der Waals surface area contributed by atoms with Crippen molar-refractivity contribution < 1.29 is 17.6 Å². The zero-order valence-electron chi connectivity index (χ0n) is 16.8. The summed E-state index contributed by atoms with van der Waals surface area (Å²) in [5.74, 6) is -0.558. The highest BCUT2D eigenvalue weighted by atomic mass is 32.2. The van der Waals surface area contributed by atoms with Gasteiger partial charge in [0.05, 0.1) is 10.6 Å². The third kappa shape index (κ3) is 4.70. The van der Waals surface area contributed by atoms with Crippen molar-refractivity contribution in [1.82, 2.24) is 9.88 Å². The lowest BCUT2D eigenvalue weighted by Crippen LogP contribution is -2.49. The smallest absolute Gasteiger partial charge is 0.273 e. The number of aromatic nitrogens is 1. The highest BCUT2D eigenvalue weighted by Crippen LogP contribution is 2.23. The lowest BCUT2D eigenvalue weighted by Gasteiger charge is -2.35. The van der Waals surface area contributed by atoms with Crippen LogP contribution in [0.3, 0.4) is 0 Å². The molecule has 0 aliphatic carbocycles. The van der Waals surface area contributed by atoms with Crippen LogP contribution in [-0.4, -0.2) is 50.4 Å². The molecule has 1 aliphatic rings. The van der Waals surface area contributed by atoms with Gasteiger partial charge in [0.2, 0.25) is 0 Å². The molecule has 0 unspecified atom stereocenters. The predicted octanol–water partition coefficient (Wildman–Crippen LogP) is 3.35. The van der Waals surface area contributed by atoms with Crippen LogP contribution in [0.1, 0.15) is 16.1 Å². The van der Waals surface area contributed by atoms with Crippen molar-refractivity contribution >= 4 is 38.1 Å². The molecule has 162 valence electrons. The van der Waals surface area contributed by atoms with E-state index >= 15 is 0 Å². The van der Waals surface area contributed by atoms with Gasteiger partial charge in [-0.1, -0.05) is 29.8 Å². The average Bonchev–Trinajstić information content (AvgIpc) is 3.22. The Morgan fingerprint density at radius 1 is 1.06 bits per heavy atom. The van der Waals surface area contributed by atoms with Gasteiger partial charge in [0.1, 0.15) is 11.5 Å². The van der Waals surface area contributed by atoms with E-state index in [1.807, 2.05) is 11.8 Å². The molecule has 0 saturated carbocycles. The van der Waals surface area contributed by atoms with Crippen LogP contribution in [0.15, 0.2) is 58.8 Å². The molecule has 0 bridgehead atoms. The standard InChI is InChI=1S/C21H21FN4O3S2/c1-15-6-8-16(9-7-15)31(28,29)24-21-23-18(14-30-21)20(27)26-12-10-25(11-13-26)19-5-3-2-4-17(19)22/h2-9,14H,10-13H2,1H3,(H,23,24). The maximum absolute atomic E-state index is 14.0. The van der Waals surface area contributed by atoms with Crippen LogP contribution < -0.4 is 9.62 Å². The number of anilines is 2. The van der Waals surface area contributed by atoms with Gasteiger partial charge < -0.3 is 9.80 Å². The van der Waals surface area contributed by atoms with Crippen LogP contribution in [0.25, 0.3) is 0 Å². The molecular formula is C21H21FN4O3S2. The van der Waals surface area contributed by atoms with Crippen molar-refractivity contribution in [2.75, 3.05) is 35.8 Å². The molecule has 1 saturated heterocycles. The lowest BCUT2D eigenvalue weighted by molar-refractivity contribution is 0.0741. The van der Waals surface area contributed by atoms with Crippen LogP contribution in [-0.2, 0) is 10.0 Å². The summed E-state index contributed by atoms with van der Waals surface area (Å²) in [6, 6.07) is 13.0. The molecule has 0 atom stereocenters. The highest BCUT2D eigenvalue weighted by Gasteiger charge is 2.25. The average molecular weight is 461 g/mol. The number of hydrogen-bond acceptors (Lipinski definition) is 6. The van der Waals surface area contributed by atoms with Gasteiger partial charge in [0.25, 0.3) is 15.9 Å². The quantitative estimate of drug-likeness (QED) is 0.631. The number of nitrogens with zero attached hydrogens (tertiary/aromatic N) is 3. The first-order valence-electron chi connectivity index (χ1n) is 9.67. The van der Waals surface area contributed by atoms with Gasteiger partial charge in [0.15, 0.2) is 5.13 Å².